The van der Waals surface area contributed by atoms with Crippen molar-refractivity contribution in [1.29, 1.82) is 0 Å². The van der Waals surface area contributed by atoms with Crippen LogP contribution in [0.15, 0.2) is 78.6 Å². The number of rotatable bonds is 14. The summed E-state index contributed by atoms with van der Waals surface area (Å²) in [5.41, 5.74) is 14.8. The van der Waals surface area contributed by atoms with E-state index in [9.17, 15) is 0 Å². The minimum Gasteiger partial charge on any atom is -0.289 e. The molecule has 3 heteroatoms. The van der Waals surface area contributed by atoms with Crippen LogP contribution in [0.25, 0.3) is 11.1 Å². The lowest BCUT2D eigenvalue weighted by atomic mass is 9.87. The largest absolute Gasteiger partial charge is 0.289 e. The molecule has 0 saturated carbocycles. The van der Waals surface area contributed by atoms with E-state index in [-0.39, 0.29) is 5.41 Å². The highest BCUT2D eigenvalue weighted by atomic mass is 15.8. The van der Waals surface area contributed by atoms with E-state index in [2.05, 4.69) is 116 Å². The van der Waals surface area contributed by atoms with Gasteiger partial charge in [-0.25, -0.2) is 0 Å². The number of anilines is 1. The fourth-order valence-electron chi connectivity index (χ4n) is 6.28. The van der Waals surface area contributed by atoms with E-state index in [0.29, 0.717) is 0 Å². The number of hydrogen-bond donors (Lipinski definition) is 1. The molecule has 2 aliphatic rings. The van der Waals surface area contributed by atoms with E-state index >= 15 is 0 Å². The molecule has 0 fully saturated rings. The normalized spacial score (nSPS) is 14.4. The average molecular weight is 550 g/mol. The Morgan fingerprint density at radius 2 is 1.37 bits per heavy atom. The van der Waals surface area contributed by atoms with Gasteiger partial charge >= 0.3 is 0 Å². The first-order valence-corrected chi connectivity index (χ1v) is 16.3. The maximum atomic E-state index is 3.72. The summed E-state index contributed by atoms with van der Waals surface area (Å²) in [7, 11) is 0. The number of nitrogens with one attached hydrogen (secondary N) is 1. The molecule has 3 aromatic carbocycles. The molecular weight excluding hydrogens is 498 g/mol. The summed E-state index contributed by atoms with van der Waals surface area (Å²) in [4.78, 5) is 0. The second kappa shape index (κ2) is 13.7. The van der Waals surface area contributed by atoms with Crippen molar-refractivity contribution < 1.29 is 0 Å². The number of unbranched alkanes of at least 4 members (excludes halogenated alkanes) is 9. The third-order valence-electron chi connectivity index (χ3n) is 8.86. The molecule has 218 valence electrons. The van der Waals surface area contributed by atoms with E-state index in [1.165, 1.54) is 109 Å². The van der Waals surface area contributed by atoms with Crippen molar-refractivity contribution in [2.75, 3.05) is 5.01 Å². The van der Waals surface area contributed by atoms with E-state index in [1.54, 1.807) is 0 Å². The predicted molar refractivity (Wildman–Crippen MR) is 176 cm³/mol. The van der Waals surface area contributed by atoms with Crippen molar-refractivity contribution in [3.05, 3.63) is 101 Å². The lowest BCUT2D eigenvalue weighted by molar-refractivity contribution is 0.254. The summed E-state index contributed by atoms with van der Waals surface area (Å²) >= 11 is 0. The molecule has 1 N–H and O–H groups in total. The van der Waals surface area contributed by atoms with Gasteiger partial charge in [0.25, 0.3) is 0 Å². The number of nitrogens with zero attached hydrogens (tertiary/aromatic N) is 2. The minimum atomic E-state index is 0.176. The van der Waals surface area contributed by atoms with Gasteiger partial charge in [0.05, 0.1) is 12.2 Å². The van der Waals surface area contributed by atoms with Gasteiger partial charge in [-0.1, -0.05) is 140 Å². The molecule has 1 aliphatic carbocycles. The Balaban J connectivity index is 1.22. The van der Waals surface area contributed by atoms with Crippen LogP contribution in [-0.2, 0) is 18.4 Å². The Hall–Kier alpha value is -3.04. The molecule has 1 aliphatic heterocycles. The third kappa shape index (κ3) is 7.63. The SMILES string of the molecule is CCCCCCCCCCCCC1=CN(c2ccc3c(c2)Cc2ccccc2-3)NN1Cc1ccc(C(C)(C)C)cc1. The van der Waals surface area contributed by atoms with Crippen molar-refractivity contribution in [3.63, 3.8) is 0 Å². The van der Waals surface area contributed by atoms with Crippen molar-refractivity contribution >= 4 is 5.69 Å². The Labute approximate surface area is 249 Å². The molecule has 0 saturated heterocycles. The zero-order valence-electron chi connectivity index (χ0n) is 26.0. The van der Waals surface area contributed by atoms with Gasteiger partial charge < -0.3 is 0 Å². The smallest absolute Gasteiger partial charge is 0.0609 e. The molecule has 0 atom stereocenters. The summed E-state index contributed by atoms with van der Waals surface area (Å²) in [6.45, 7) is 10.0. The number of hydrazine groups is 2. The Bertz CT molecular complexity index is 1300. The summed E-state index contributed by atoms with van der Waals surface area (Å²) in [5, 5.41) is 4.60. The number of benzene rings is 3. The van der Waals surface area contributed by atoms with Gasteiger partial charge in [0, 0.05) is 11.9 Å². The van der Waals surface area contributed by atoms with Gasteiger partial charge in [-0.15, -0.1) is 5.53 Å². The Kier molecular flexibility index (Phi) is 9.88. The van der Waals surface area contributed by atoms with Crippen LogP contribution >= 0.6 is 0 Å². The maximum Gasteiger partial charge on any atom is 0.0609 e. The number of allylic oxidation sites excluding steroid dienone is 1. The quantitative estimate of drug-likeness (QED) is 0.158. The number of fused-ring (bicyclic) bond motifs is 3. The highest BCUT2D eigenvalue weighted by Crippen LogP contribution is 2.39. The zero-order valence-corrected chi connectivity index (χ0v) is 26.0. The van der Waals surface area contributed by atoms with Gasteiger partial charge in [0.1, 0.15) is 0 Å². The zero-order chi connectivity index (χ0) is 28.7. The average Bonchev–Trinajstić information content (AvgIpc) is 3.54. The van der Waals surface area contributed by atoms with E-state index < -0.39 is 0 Å². The van der Waals surface area contributed by atoms with Crippen LogP contribution in [0.4, 0.5) is 5.69 Å². The van der Waals surface area contributed by atoms with Gasteiger partial charge in [-0.05, 0) is 70.2 Å². The molecule has 3 nitrogen and oxygen atoms in total. The summed E-state index contributed by atoms with van der Waals surface area (Å²) in [6.07, 6.45) is 18.2. The maximum absolute atomic E-state index is 3.72. The van der Waals surface area contributed by atoms with Crippen molar-refractivity contribution in [1.82, 2.24) is 10.5 Å². The number of hydrogen-bond acceptors (Lipinski definition) is 3. The molecule has 1 heterocycles. The summed E-state index contributed by atoms with van der Waals surface area (Å²) < 4.78 is 0. The summed E-state index contributed by atoms with van der Waals surface area (Å²) in [5.74, 6) is 0. The highest BCUT2D eigenvalue weighted by molar-refractivity contribution is 5.78. The molecule has 0 aromatic heterocycles. The van der Waals surface area contributed by atoms with E-state index in [1.807, 2.05) is 0 Å². The van der Waals surface area contributed by atoms with Crippen LogP contribution in [0.2, 0.25) is 0 Å². The fourth-order valence-corrected chi connectivity index (χ4v) is 6.28. The van der Waals surface area contributed by atoms with Crippen LogP contribution in [0.3, 0.4) is 0 Å². The minimum absolute atomic E-state index is 0.176. The molecule has 0 bridgehead atoms. The van der Waals surface area contributed by atoms with Crippen molar-refractivity contribution in [2.45, 2.75) is 117 Å². The molecule has 0 radical (unpaired) electrons. The third-order valence-corrected chi connectivity index (χ3v) is 8.86. The highest BCUT2D eigenvalue weighted by Gasteiger charge is 2.24. The van der Waals surface area contributed by atoms with Gasteiger partial charge in [-0.3, -0.25) is 10.0 Å². The Morgan fingerprint density at radius 1 is 0.707 bits per heavy atom. The molecule has 0 amide bonds. The van der Waals surface area contributed by atoms with Crippen molar-refractivity contribution in [3.8, 4) is 11.1 Å². The second-order valence-corrected chi connectivity index (χ2v) is 13.2. The standard InChI is InChI=1S/C38H51N3/c1-5-6-7-8-9-10-11-12-13-14-18-35-29-41(39-40(35)28-30-20-22-33(23-21-30)38(2,3)4)34-24-25-37-32(27-34)26-31-17-15-16-19-36(31)37/h15-17,19-25,27,29,39H,5-14,18,26,28H2,1-4H3. The van der Waals surface area contributed by atoms with Crippen LogP contribution in [-0.4, -0.2) is 5.01 Å². The van der Waals surface area contributed by atoms with E-state index in [0.717, 1.165) is 19.4 Å². The first kappa shape index (κ1) is 29.5. The van der Waals surface area contributed by atoms with Crippen LogP contribution in [0.1, 0.15) is 121 Å². The molecule has 0 unspecified atom stereocenters. The van der Waals surface area contributed by atoms with Crippen LogP contribution in [0, 0.1) is 0 Å². The topological polar surface area (TPSA) is 18.5 Å². The molecule has 0 spiro atoms. The van der Waals surface area contributed by atoms with Crippen LogP contribution in [0.5, 0.6) is 0 Å². The predicted octanol–water partition coefficient (Wildman–Crippen LogP) is 10.4. The molecule has 3 aromatic rings. The van der Waals surface area contributed by atoms with Crippen molar-refractivity contribution in [2.24, 2.45) is 0 Å². The molecule has 41 heavy (non-hydrogen) atoms. The Morgan fingerprint density at radius 3 is 2.07 bits per heavy atom. The molecular formula is C38H51N3. The van der Waals surface area contributed by atoms with Gasteiger partial charge in [0.2, 0.25) is 0 Å². The first-order chi connectivity index (χ1) is 19.9. The van der Waals surface area contributed by atoms with Gasteiger partial charge in [0.15, 0.2) is 0 Å². The van der Waals surface area contributed by atoms with Crippen LogP contribution < -0.4 is 10.5 Å². The monoisotopic (exact) mass is 549 g/mol. The first-order valence-electron chi connectivity index (χ1n) is 16.3. The van der Waals surface area contributed by atoms with Gasteiger partial charge in [-0.2, -0.15) is 0 Å². The molecule has 5 rings (SSSR count). The summed E-state index contributed by atoms with van der Waals surface area (Å²) in [6, 6.07) is 25.0. The fraction of sp³-hybridized carbons (Fsp3) is 0.474. The second-order valence-electron chi connectivity index (χ2n) is 13.2. The lowest BCUT2D eigenvalue weighted by Crippen LogP contribution is -2.40. The van der Waals surface area contributed by atoms with E-state index in [4.69, 9.17) is 0 Å². The lowest BCUT2D eigenvalue weighted by Gasteiger charge is -2.26.